The highest BCUT2D eigenvalue weighted by atomic mass is 14.9. The van der Waals surface area contributed by atoms with E-state index in [1.54, 1.807) is 0 Å². The van der Waals surface area contributed by atoms with Crippen molar-refractivity contribution in [3.8, 4) is 0 Å². The van der Waals surface area contributed by atoms with Gasteiger partial charge in [0.15, 0.2) is 0 Å². The topological polar surface area (TPSA) is 24.1 Å². The van der Waals surface area contributed by atoms with Gasteiger partial charge in [0, 0.05) is 18.8 Å². The maximum atomic E-state index is 3.28. The fourth-order valence-corrected chi connectivity index (χ4v) is 0.888. The van der Waals surface area contributed by atoms with Crippen LogP contribution in [-0.2, 0) is 0 Å². The Balaban J connectivity index is 2.28. The summed E-state index contributed by atoms with van der Waals surface area (Å²) >= 11 is 0. The molecule has 0 aromatic heterocycles. The minimum absolute atomic E-state index is 0.973. The molecule has 11 heavy (non-hydrogen) atoms. The van der Waals surface area contributed by atoms with Crippen molar-refractivity contribution in [1.29, 1.82) is 0 Å². The van der Waals surface area contributed by atoms with Crippen LogP contribution in [0.4, 0.5) is 5.69 Å². The second kappa shape index (κ2) is 4.74. The van der Waals surface area contributed by atoms with E-state index in [-0.39, 0.29) is 0 Å². The standard InChI is InChI=1S/C9H14N2/c1-10-7-8-11-9-5-3-2-4-6-9/h2-6,10-11H,7-8H2,1H3. The Kier molecular flexibility index (Phi) is 3.48. The number of hydrogen-bond donors (Lipinski definition) is 2. The van der Waals surface area contributed by atoms with Crippen LogP contribution >= 0.6 is 0 Å². The Morgan fingerprint density at radius 1 is 1.09 bits per heavy atom. The fourth-order valence-electron chi connectivity index (χ4n) is 0.888. The normalized spacial score (nSPS) is 9.55. The lowest BCUT2D eigenvalue weighted by Crippen LogP contribution is -2.17. The monoisotopic (exact) mass is 150 g/mol. The van der Waals surface area contributed by atoms with Crippen LogP contribution in [0, 0.1) is 0 Å². The summed E-state index contributed by atoms with van der Waals surface area (Å²) in [6.45, 7) is 1.97. The van der Waals surface area contributed by atoms with Crippen molar-refractivity contribution < 1.29 is 0 Å². The van der Waals surface area contributed by atoms with Crippen molar-refractivity contribution in [3.63, 3.8) is 0 Å². The molecule has 0 fully saturated rings. The molecule has 60 valence electrons. The van der Waals surface area contributed by atoms with Crippen LogP contribution in [0.25, 0.3) is 0 Å². The average molecular weight is 150 g/mol. The molecule has 0 saturated carbocycles. The Hall–Kier alpha value is -1.02. The zero-order valence-corrected chi connectivity index (χ0v) is 6.80. The maximum absolute atomic E-state index is 3.28. The van der Waals surface area contributed by atoms with E-state index in [1.807, 2.05) is 25.2 Å². The highest BCUT2D eigenvalue weighted by Gasteiger charge is 1.85. The van der Waals surface area contributed by atoms with Gasteiger partial charge < -0.3 is 10.6 Å². The lowest BCUT2D eigenvalue weighted by molar-refractivity contribution is 0.824. The Morgan fingerprint density at radius 3 is 2.45 bits per heavy atom. The molecule has 1 aromatic carbocycles. The van der Waals surface area contributed by atoms with E-state index in [0.717, 1.165) is 13.1 Å². The molecule has 2 heteroatoms. The third-order valence-electron chi connectivity index (χ3n) is 1.48. The molecule has 0 aliphatic rings. The Labute approximate surface area is 67.6 Å². The smallest absolute Gasteiger partial charge is 0.0340 e. The summed E-state index contributed by atoms with van der Waals surface area (Å²) in [6, 6.07) is 10.2. The van der Waals surface area contributed by atoms with E-state index in [1.165, 1.54) is 5.69 Å². The van der Waals surface area contributed by atoms with Crippen LogP contribution in [0.2, 0.25) is 0 Å². The van der Waals surface area contributed by atoms with Gasteiger partial charge in [-0.15, -0.1) is 0 Å². The first-order valence-electron chi connectivity index (χ1n) is 3.87. The molecule has 0 aliphatic heterocycles. The van der Waals surface area contributed by atoms with E-state index in [9.17, 15) is 0 Å². The predicted molar refractivity (Wildman–Crippen MR) is 48.9 cm³/mol. The fraction of sp³-hybridized carbons (Fsp3) is 0.333. The number of likely N-dealkylation sites (N-methyl/N-ethyl adjacent to an activating group) is 1. The molecule has 0 spiro atoms. The first kappa shape index (κ1) is 8.08. The second-order valence-corrected chi connectivity index (χ2v) is 2.40. The molecule has 0 radical (unpaired) electrons. The van der Waals surface area contributed by atoms with Crippen molar-refractivity contribution in [1.82, 2.24) is 5.32 Å². The molecule has 1 aromatic rings. The van der Waals surface area contributed by atoms with E-state index >= 15 is 0 Å². The van der Waals surface area contributed by atoms with Crippen LogP contribution < -0.4 is 10.6 Å². The molecule has 0 aliphatic carbocycles. The minimum atomic E-state index is 0.973. The van der Waals surface area contributed by atoms with Crippen molar-refractivity contribution in [2.75, 3.05) is 25.5 Å². The summed E-state index contributed by atoms with van der Waals surface area (Å²) in [7, 11) is 1.95. The zero-order chi connectivity index (χ0) is 7.94. The molecule has 2 N–H and O–H groups in total. The quantitative estimate of drug-likeness (QED) is 0.632. The van der Waals surface area contributed by atoms with Gasteiger partial charge in [0.2, 0.25) is 0 Å². The highest BCUT2D eigenvalue weighted by molar-refractivity contribution is 5.42. The third kappa shape index (κ3) is 3.05. The number of nitrogens with one attached hydrogen (secondary N) is 2. The molecule has 1 rings (SSSR count). The third-order valence-corrected chi connectivity index (χ3v) is 1.48. The number of para-hydroxylation sites is 1. The average Bonchev–Trinajstić information content (AvgIpc) is 2.07. The van der Waals surface area contributed by atoms with Crippen LogP contribution in [-0.4, -0.2) is 20.1 Å². The lowest BCUT2D eigenvalue weighted by Gasteiger charge is -2.04. The largest absolute Gasteiger partial charge is 0.384 e. The van der Waals surface area contributed by atoms with Gasteiger partial charge in [-0.05, 0) is 19.2 Å². The molecule has 0 heterocycles. The zero-order valence-electron chi connectivity index (χ0n) is 6.80. The van der Waals surface area contributed by atoms with Crippen molar-refractivity contribution in [2.45, 2.75) is 0 Å². The molecule has 0 atom stereocenters. The van der Waals surface area contributed by atoms with Gasteiger partial charge in [0.25, 0.3) is 0 Å². The molecular weight excluding hydrogens is 136 g/mol. The molecular formula is C9H14N2. The lowest BCUT2D eigenvalue weighted by atomic mass is 10.3. The Bertz CT molecular complexity index is 184. The van der Waals surface area contributed by atoms with Crippen molar-refractivity contribution >= 4 is 5.69 Å². The van der Waals surface area contributed by atoms with Gasteiger partial charge in [0.05, 0.1) is 0 Å². The van der Waals surface area contributed by atoms with Crippen molar-refractivity contribution in [3.05, 3.63) is 30.3 Å². The molecule has 0 amide bonds. The van der Waals surface area contributed by atoms with E-state index in [2.05, 4.69) is 22.8 Å². The van der Waals surface area contributed by atoms with Crippen molar-refractivity contribution in [2.24, 2.45) is 0 Å². The van der Waals surface area contributed by atoms with Crippen LogP contribution in [0.1, 0.15) is 0 Å². The van der Waals surface area contributed by atoms with Gasteiger partial charge >= 0.3 is 0 Å². The van der Waals surface area contributed by atoms with Crippen LogP contribution in [0.15, 0.2) is 30.3 Å². The summed E-state index contributed by atoms with van der Waals surface area (Å²) in [6.07, 6.45) is 0. The first-order chi connectivity index (χ1) is 5.43. The number of hydrogen-bond acceptors (Lipinski definition) is 2. The van der Waals surface area contributed by atoms with Gasteiger partial charge in [-0.25, -0.2) is 0 Å². The van der Waals surface area contributed by atoms with E-state index in [0.29, 0.717) is 0 Å². The molecule has 0 unspecified atom stereocenters. The summed E-state index contributed by atoms with van der Waals surface area (Å²) < 4.78 is 0. The van der Waals surface area contributed by atoms with Crippen LogP contribution in [0.5, 0.6) is 0 Å². The summed E-state index contributed by atoms with van der Waals surface area (Å²) in [4.78, 5) is 0. The maximum Gasteiger partial charge on any atom is 0.0340 e. The van der Waals surface area contributed by atoms with E-state index in [4.69, 9.17) is 0 Å². The van der Waals surface area contributed by atoms with Gasteiger partial charge in [-0.1, -0.05) is 18.2 Å². The molecule has 2 nitrogen and oxygen atoms in total. The SMILES string of the molecule is CNCCNc1ccccc1. The van der Waals surface area contributed by atoms with Crippen LogP contribution in [0.3, 0.4) is 0 Å². The Morgan fingerprint density at radius 2 is 1.82 bits per heavy atom. The van der Waals surface area contributed by atoms with Gasteiger partial charge in [-0.2, -0.15) is 0 Å². The molecule has 0 saturated heterocycles. The summed E-state index contributed by atoms with van der Waals surface area (Å²) in [5.41, 5.74) is 1.18. The number of rotatable bonds is 4. The molecule has 0 bridgehead atoms. The van der Waals surface area contributed by atoms with Gasteiger partial charge in [-0.3, -0.25) is 0 Å². The highest BCUT2D eigenvalue weighted by Crippen LogP contribution is 2.02. The summed E-state index contributed by atoms with van der Waals surface area (Å²) in [5.74, 6) is 0. The number of anilines is 1. The predicted octanol–water partition coefficient (Wildman–Crippen LogP) is 1.32. The van der Waals surface area contributed by atoms with Gasteiger partial charge in [0.1, 0.15) is 0 Å². The second-order valence-electron chi connectivity index (χ2n) is 2.40. The van der Waals surface area contributed by atoms with E-state index < -0.39 is 0 Å². The summed E-state index contributed by atoms with van der Waals surface area (Å²) in [5, 5.41) is 6.36. The number of benzene rings is 1. The first-order valence-corrected chi connectivity index (χ1v) is 3.87. The minimum Gasteiger partial charge on any atom is -0.384 e.